The van der Waals surface area contributed by atoms with Crippen LogP contribution in [0, 0.1) is 5.82 Å². The molecule has 0 saturated carbocycles. The Labute approximate surface area is 151 Å². The summed E-state index contributed by atoms with van der Waals surface area (Å²) in [6.45, 7) is 4.01. The van der Waals surface area contributed by atoms with Gasteiger partial charge in [-0.25, -0.2) is 14.4 Å². The maximum atomic E-state index is 14.5. The summed E-state index contributed by atoms with van der Waals surface area (Å²) in [6, 6.07) is 6.42. The number of amides is 1. The van der Waals surface area contributed by atoms with Crippen LogP contribution in [0.3, 0.4) is 0 Å². The summed E-state index contributed by atoms with van der Waals surface area (Å²) in [6.07, 6.45) is 3.53. The van der Waals surface area contributed by atoms with Crippen molar-refractivity contribution in [3.05, 3.63) is 41.8 Å². The van der Waals surface area contributed by atoms with Crippen LogP contribution in [0.5, 0.6) is 0 Å². The van der Waals surface area contributed by atoms with Crippen molar-refractivity contribution >= 4 is 11.9 Å². The molecule has 2 aliphatic rings. The van der Waals surface area contributed by atoms with Crippen LogP contribution in [-0.2, 0) is 4.74 Å². The Kier molecular flexibility index (Phi) is 4.79. The quantitative estimate of drug-likeness (QED) is 0.845. The van der Waals surface area contributed by atoms with Crippen molar-refractivity contribution in [1.82, 2.24) is 14.9 Å². The highest BCUT2D eigenvalue weighted by Crippen LogP contribution is 2.28. The van der Waals surface area contributed by atoms with Crippen LogP contribution in [0.15, 0.2) is 30.5 Å². The van der Waals surface area contributed by atoms with E-state index in [0.717, 1.165) is 25.9 Å². The number of hydrogen-bond donors (Lipinski definition) is 0. The van der Waals surface area contributed by atoms with Crippen LogP contribution in [0.4, 0.5) is 10.3 Å². The van der Waals surface area contributed by atoms with Gasteiger partial charge < -0.3 is 14.5 Å². The van der Waals surface area contributed by atoms with E-state index in [0.29, 0.717) is 49.1 Å². The molecule has 0 atom stereocenters. The van der Waals surface area contributed by atoms with E-state index >= 15 is 0 Å². The van der Waals surface area contributed by atoms with Crippen LogP contribution in [0.1, 0.15) is 23.2 Å². The van der Waals surface area contributed by atoms with Gasteiger partial charge in [0, 0.05) is 37.9 Å². The zero-order valence-electron chi connectivity index (χ0n) is 14.5. The summed E-state index contributed by atoms with van der Waals surface area (Å²) in [7, 11) is 0. The first-order valence-electron chi connectivity index (χ1n) is 8.98. The molecular weight excluding hydrogens is 335 g/mol. The highest BCUT2D eigenvalue weighted by Gasteiger charge is 2.26. The predicted molar refractivity (Wildman–Crippen MR) is 95.6 cm³/mol. The van der Waals surface area contributed by atoms with Gasteiger partial charge in [0.15, 0.2) is 0 Å². The zero-order valence-corrected chi connectivity index (χ0v) is 14.5. The van der Waals surface area contributed by atoms with Gasteiger partial charge in [0.25, 0.3) is 5.91 Å². The van der Waals surface area contributed by atoms with Crippen LogP contribution in [-0.4, -0.2) is 60.2 Å². The number of rotatable bonds is 3. The lowest BCUT2D eigenvalue weighted by Crippen LogP contribution is -2.37. The van der Waals surface area contributed by atoms with E-state index < -0.39 is 5.82 Å². The van der Waals surface area contributed by atoms with E-state index in [-0.39, 0.29) is 5.91 Å². The molecule has 136 valence electrons. The molecule has 0 radical (unpaired) electrons. The third-order valence-electron chi connectivity index (χ3n) is 4.82. The Morgan fingerprint density at radius 3 is 2.54 bits per heavy atom. The smallest absolute Gasteiger partial charge is 0.257 e. The molecule has 0 spiro atoms. The molecule has 6 nitrogen and oxygen atoms in total. The second-order valence-corrected chi connectivity index (χ2v) is 6.51. The molecule has 0 aliphatic carbocycles. The number of hydrogen-bond acceptors (Lipinski definition) is 5. The number of carbonyl (C=O) groups excluding carboxylic acids is 1. The fraction of sp³-hybridized carbons (Fsp3) is 0.421. The SMILES string of the molecule is O=C(c1cnc(N2CCOCC2)nc1-c1ccccc1F)N1CCCC1. The van der Waals surface area contributed by atoms with Gasteiger partial charge in [-0.05, 0) is 25.0 Å². The molecule has 0 N–H and O–H groups in total. The summed E-state index contributed by atoms with van der Waals surface area (Å²) in [5.74, 6) is -0.0200. The predicted octanol–water partition coefficient (Wildman–Crippen LogP) is 2.36. The molecular formula is C19H21FN4O2. The molecule has 7 heteroatoms. The molecule has 0 bridgehead atoms. The number of benzene rings is 1. The number of morpholine rings is 1. The van der Waals surface area contributed by atoms with E-state index in [1.54, 1.807) is 29.3 Å². The fourth-order valence-electron chi connectivity index (χ4n) is 3.39. The van der Waals surface area contributed by atoms with E-state index in [1.165, 1.54) is 6.07 Å². The summed E-state index contributed by atoms with van der Waals surface area (Å²) in [5, 5.41) is 0. The molecule has 0 unspecified atom stereocenters. The standard InChI is InChI=1S/C19H21FN4O2/c20-16-6-2-1-5-14(16)17-15(18(25)23-7-3-4-8-23)13-21-19(22-17)24-9-11-26-12-10-24/h1-2,5-6,13H,3-4,7-12H2. The number of likely N-dealkylation sites (tertiary alicyclic amines) is 1. The topological polar surface area (TPSA) is 58.6 Å². The van der Waals surface area contributed by atoms with Gasteiger partial charge in [0.1, 0.15) is 5.82 Å². The minimum Gasteiger partial charge on any atom is -0.378 e. The Balaban J connectivity index is 1.77. The molecule has 2 fully saturated rings. The monoisotopic (exact) mass is 356 g/mol. The van der Waals surface area contributed by atoms with Crippen LogP contribution >= 0.6 is 0 Å². The third-order valence-corrected chi connectivity index (χ3v) is 4.82. The molecule has 2 saturated heterocycles. The average Bonchev–Trinajstić information content (AvgIpc) is 3.23. The summed E-state index contributed by atoms with van der Waals surface area (Å²) < 4.78 is 19.8. The highest BCUT2D eigenvalue weighted by atomic mass is 19.1. The fourth-order valence-corrected chi connectivity index (χ4v) is 3.39. The van der Waals surface area contributed by atoms with Crippen LogP contribution in [0.25, 0.3) is 11.3 Å². The largest absolute Gasteiger partial charge is 0.378 e. The molecule has 1 aromatic carbocycles. The molecule has 2 aliphatic heterocycles. The number of aromatic nitrogens is 2. The Morgan fingerprint density at radius 2 is 1.81 bits per heavy atom. The lowest BCUT2D eigenvalue weighted by Gasteiger charge is -2.27. The number of nitrogens with zero attached hydrogens (tertiary/aromatic N) is 4. The normalized spacial score (nSPS) is 17.6. The van der Waals surface area contributed by atoms with Crippen molar-refractivity contribution in [3.8, 4) is 11.3 Å². The maximum absolute atomic E-state index is 14.5. The first-order chi connectivity index (χ1) is 12.7. The third kappa shape index (κ3) is 3.26. The molecule has 1 amide bonds. The van der Waals surface area contributed by atoms with Gasteiger partial charge in [-0.3, -0.25) is 4.79 Å². The summed E-state index contributed by atoms with van der Waals surface area (Å²) >= 11 is 0. The molecule has 2 aromatic rings. The number of ether oxygens (including phenoxy) is 1. The first kappa shape index (κ1) is 16.9. The molecule has 3 heterocycles. The Bertz CT molecular complexity index is 802. The number of carbonyl (C=O) groups is 1. The van der Waals surface area contributed by atoms with E-state index in [2.05, 4.69) is 9.97 Å². The van der Waals surface area contributed by atoms with Gasteiger partial charge in [-0.1, -0.05) is 12.1 Å². The van der Waals surface area contributed by atoms with Crippen molar-refractivity contribution in [2.24, 2.45) is 0 Å². The summed E-state index contributed by atoms with van der Waals surface area (Å²) in [5.41, 5.74) is 1.04. The lowest BCUT2D eigenvalue weighted by molar-refractivity contribution is 0.0792. The highest BCUT2D eigenvalue weighted by molar-refractivity contribution is 6.00. The summed E-state index contributed by atoms with van der Waals surface area (Å²) in [4.78, 5) is 25.7. The van der Waals surface area contributed by atoms with Crippen molar-refractivity contribution in [3.63, 3.8) is 0 Å². The average molecular weight is 356 g/mol. The first-order valence-corrected chi connectivity index (χ1v) is 8.98. The maximum Gasteiger partial charge on any atom is 0.257 e. The second kappa shape index (κ2) is 7.37. The van der Waals surface area contributed by atoms with E-state index in [1.807, 2.05) is 4.90 Å². The Morgan fingerprint density at radius 1 is 1.08 bits per heavy atom. The molecule has 4 rings (SSSR count). The van der Waals surface area contributed by atoms with Gasteiger partial charge in [0.05, 0.1) is 24.5 Å². The van der Waals surface area contributed by atoms with E-state index in [4.69, 9.17) is 4.74 Å². The molecule has 26 heavy (non-hydrogen) atoms. The van der Waals surface area contributed by atoms with Gasteiger partial charge >= 0.3 is 0 Å². The van der Waals surface area contributed by atoms with Crippen molar-refractivity contribution in [2.75, 3.05) is 44.3 Å². The number of halogens is 1. The number of anilines is 1. The van der Waals surface area contributed by atoms with E-state index in [9.17, 15) is 9.18 Å². The van der Waals surface area contributed by atoms with Gasteiger partial charge in [0.2, 0.25) is 5.95 Å². The van der Waals surface area contributed by atoms with Gasteiger partial charge in [-0.2, -0.15) is 0 Å². The van der Waals surface area contributed by atoms with Crippen LogP contribution in [0.2, 0.25) is 0 Å². The molecule has 1 aromatic heterocycles. The van der Waals surface area contributed by atoms with Crippen molar-refractivity contribution in [1.29, 1.82) is 0 Å². The second-order valence-electron chi connectivity index (χ2n) is 6.51. The van der Waals surface area contributed by atoms with Crippen molar-refractivity contribution in [2.45, 2.75) is 12.8 Å². The van der Waals surface area contributed by atoms with Gasteiger partial charge in [-0.15, -0.1) is 0 Å². The minimum absolute atomic E-state index is 0.130. The Hall–Kier alpha value is -2.54. The minimum atomic E-state index is -0.394. The van der Waals surface area contributed by atoms with Crippen LogP contribution < -0.4 is 4.90 Å². The zero-order chi connectivity index (χ0) is 17.9. The van der Waals surface area contributed by atoms with Crippen molar-refractivity contribution < 1.29 is 13.9 Å². The lowest BCUT2D eigenvalue weighted by atomic mass is 10.1.